The molecular formula is C30H29N3O5S. The van der Waals surface area contributed by atoms with Crippen LogP contribution in [0.25, 0.3) is 0 Å². The van der Waals surface area contributed by atoms with Gasteiger partial charge in [-0.2, -0.15) is 5.10 Å². The van der Waals surface area contributed by atoms with Crippen LogP contribution in [0, 0.1) is 6.92 Å². The topological polar surface area (TPSA) is 97.3 Å². The Bertz CT molecular complexity index is 1570. The Labute approximate surface area is 228 Å². The van der Waals surface area contributed by atoms with E-state index in [4.69, 9.17) is 9.47 Å². The number of methoxy groups -OCH3 is 2. The van der Waals surface area contributed by atoms with Crippen molar-refractivity contribution in [3.8, 4) is 11.5 Å². The molecule has 200 valence electrons. The van der Waals surface area contributed by atoms with E-state index in [1.165, 1.54) is 24.7 Å². The van der Waals surface area contributed by atoms with Crippen molar-refractivity contribution in [2.24, 2.45) is 5.10 Å². The predicted octanol–water partition coefficient (Wildman–Crippen LogP) is 5.17. The maximum Gasteiger partial charge on any atom is 0.273 e. The van der Waals surface area contributed by atoms with Crippen LogP contribution >= 0.6 is 0 Å². The monoisotopic (exact) mass is 543 g/mol. The van der Waals surface area contributed by atoms with Crippen molar-refractivity contribution in [1.29, 1.82) is 0 Å². The smallest absolute Gasteiger partial charge is 0.273 e. The van der Waals surface area contributed by atoms with Crippen LogP contribution in [0.1, 0.15) is 27.0 Å². The van der Waals surface area contributed by atoms with Crippen LogP contribution < -0.4 is 19.2 Å². The molecule has 0 radical (unpaired) electrons. The van der Waals surface area contributed by atoms with Crippen molar-refractivity contribution in [2.45, 2.75) is 18.4 Å². The second-order valence-electron chi connectivity index (χ2n) is 8.61. The lowest BCUT2D eigenvalue weighted by Gasteiger charge is -2.26. The fourth-order valence-corrected chi connectivity index (χ4v) is 5.48. The summed E-state index contributed by atoms with van der Waals surface area (Å²) in [5.41, 5.74) is 5.19. The molecule has 39 heavy (non-hydrogen) atoms. The van der Waals surface area contributed by atoms with Crippen LogP contribution in [0.3, 0.4) is 0 Å². The first-order chi connectivity index (χ1) is 18.8. The number of para-hydroxylation sites is 2. The third-order valence-corrected chi connectivity index (χ3v) is 7.77. The first-order valence-electron chi connectivity index (χ1n) is 12.1. The number of carbonyl (C=O) groups excluding carboxylic acids is 1. The van der Waals surface area contributed by atoms with E-state index in [2.05, 4.69) is 10.5 Å². The summed E-state index contributed by atoms with van der Waals surface area (Å²) in [5.74, 6) is 0.425. The standard InChI is InChI=1S/C30H29N3O5S/c1-22-16-18-25(19-17-22)39(35,36)33(21-23-10-5-4-6-11-23)27-14-8-7-13-26(27)30(34)32-31-20-24-12-9-15-28(37-2)29(24)38-3/h4-20H,21H2,1-3H3,(H,32,34)/b31-20+. The zero-order valence-corrected chi connectivity index (χ0v) is 22.7. The van der Waals surface area contributed by atoms with E-state index in [1.54, 1.807) is 66.7 Å². The van der Waals surface area contributed by atoms with E-state index in [0.29, 0.717) is 17.1 Å². The molecule has 0 fully saturated rings. The molecule has 4 aromatic rings. The lowest BCUT2D eigenvalue weighted by molar-refractivity contribution is 0.0955. The van der Waals surface area contributed by atoms with Crippen LogP contribution in [0.4, 0.5) is 5.69 Å². The summed E-state index contributed by atoms with van der Waals surface area (Å²) in [6, 6.07) is 27.7. The number of nitrogens with zero attached hydrogens (tertiary/aromatic N) is 2. The molecule has 0 spiro atoms. The number of nitrogens with one attached hydrogen (secondary N) is 1. The van der Waals surface area contributed by atoms with Gasteiger partial charge in [-0.1, -0.05) is 66.2 Å². The van der Waals surface area contributed by atoms with Gasteiger partial charge in [0.05, 0.1) is 43.1 Å². The largest absolute Gasteiger partial charge is 0.493 e. The number of hydrazone groups is 1. The number of amides is 1. The van der Waals surface area contributed by atoms with Gasteiger partial charge in [-0.25, -0.2) is 13.8 Å². The summed E-state index contributed by atoms with van der Waals surface area (Å²) < 4.78 is 39.7. The van der Waals surface area contributed by atoms with Gasteiger partial charge in [0, 0.05) is 5.56 Å². The van der Waals surface area contributed by atoms with Crippen molar-refractivity contribution in [1.82, 2.24) is 5.43 Å². The Kier molecular flexibility index (Phi) is 8.63. The van der Waals surface area contributed by atoms with Gasteiger partial charge in [0.25, 0.3) is 15.9 Å². The first kappa shape index (κ1) is 27.4. The predicted molar refractivity (Wildman–Crippen MR) is 152 cm³/mol. The number of rotatable bonds is 10. The highest BCUT2D eigenvalue weighted by molar-refractivity contribution is 7.92. The van der Waals surface area contributed by atoms with Gasteiger partial charge in [0.2, 0.25) is 0 Å². The van der Waals surface area contributed by atoms with Gasteiger partial charge >= 0.3 is 0 Å². The van der Waals surface area contributed by atoms with E-state index in [0.717, 1.165) is 11.1 Å². The average Bonchev–Trinajstić information content (AvgIpc) is 2.96. The molecule has 9 heteroatoms. The Morgan fingerprint density at radius 1 is 0.872 bits per heavy atom. The molecular weight excluding hydrogens is 514 g/mol. The molecule has 0 bridgehead atoms. The molecule has 0 atom stereocenters. The number of hydrogen-bond donors (Lipinski definition) is 1. The Hall–Kier alpha value is -4.63. The summed E-state index contributed by atoms with van der Waals surface area (Å²) in [4.78, 5) is 13.4. The Morgan fingerprint density at radius 2 is 1.56 bits per heavy atom. The highest BCUT2D eigenvalue weighted by atomic mass is 32.2. The summed E-state index contributed by atoms with van der Waals surface area (Å²) in [6.45, 7) is 1.92. The van der Waals surface area contributed by atoms with Gasteiger partial charge < -0.3 is 9.47 Å². The highest BCUT2D eigenvalue weighted by Crippen LogP contribution is 2.31. The van der Waals surface area contributed by atoms with E-state index < -0.39 is 15.9 Å². The average molecular weight is 544 g/mol. The molecule has 8 nitrogen and oxygen atoms in total. The minimum absolute atomic E-state index is 0.0334. The fraction of sp³-hybridized carbons (Fsp3) is 0.133. The van der Waals surface area contributed by atoms with Crippen molar-refractivity contribution in [2.75, 3.05) is 18.5 Å². The SMILES string of the molecule is COc1cccc(/C=N/NC(=O)c2ccccc2N(Cc2ccccc2)S(=O)(=O)c2ccc(C)cc2)c1OC. The van der Waals surface area contributed by atoms with Crippen molar-refractivity contribution in [3.05, 3.63) is 119 Å². The number of sulfonamides is 1. The highest BCUT2D eigenvalue weighted by Gasteiger charge is 2.28. The third-order valence-electron chi connectivity index (χ3n) is 6.00. The minimum Gasteiger partial charge on any atom is -0.493 e. The van der Waals surface area contributed by atoms with Crippen LogP contribution in [0.15, 0.2) is 107 Å². The summed E-state index contributed by atoms with van der Waals surface area (Å²) in [6.07, 6.45) is 1.44. The molecule has 0 aliphatic heterocycles. The molecule has 0 aliphatic rings. The molecule has 0 unspecified atom stereocenters. The number of aryl methyl sites for hydroxylation is 1. The molecule has 4 rings (SSSR count). The number of carbonyl (C=O) groups is 1. The zero-order chi connectivity index (χ0) is 27.8. The van der Waals surface area contributed by atoms with Gasteiger partial charge in [0.15, 0.2) is 11.5 Å². The summed E-state index contributed by atoms with van der Waals surface area (Å²) in [5, 5.41) is 4.09. The second-order valence-corrected chi connectivity index (χ2v) is 10.5. The van der Waals surface area contributed by atoms with Crippen molar-refractivity contribution >= 4 is 27.8 Å². The Morgan fingerprint density at radius 3 is 2.26 bits per heavy atom. The van der Waals surface area contributed by atoms with Crippen LogP contribution in [-0.2, 0) is 16.6 Å². The maximum atomic E-state index is 13.9. The Balaban J connectivity index is 1.70. The van der Waals surface area contributed by atoms with Gasteiger partial charge in [0.1, 0.15) is 0 Å². The molecule has 1 amide bonds. The van der Waals surface area contributed by atoms with Crippen molar-refractivity contribution in [3.63, 3.8) is 0 Å². The summed E-state index contributed by atoms with van der Waals surface area (Å²) >= 11 is 0. The molecule has 1 N–H and O–H groups in total. The van der Waals surface area contributed by atoms with Crippen LogP contribution in [-0.4, -0.2) is 34.8 Å². The fourth-order valence-electron chi connectivity index (χ4n) is 4.00. The van der Waals surface area contributed by atoms with E-state index in [-0.39, 0.29) is 22.7 Å². The molecule has 0 saturated heterocycles. The number of benzene rings is 4. The lowest BCUT2D eigenvalue weighted by Crippen LogP contribution is -2.33. The van der Waals surface area contributed by atoms with E-state index >= 15 is 0 Å². The molecule has 0 aliphatic carbocycles. The maximum absolute atomic E-state index is 13.9. The van der Waals surface area contributed by atoms with E-state index in [9.17, 15) is 13.2 Å². The lowest BCUT2D eigenvalue weighted by atomic mass is 10.1. The molecule has 4 aromatic carbocycles. The van der Waals surface area contributed by atoms with Gasteiger partial charge in [-0.05, 0) is 48.9 Å². The van der Waals surface area contributed by atoms with Crippen molar-refractivity contribution < 1.29 is 22.7 Å². The summed E-state index contributed by atoms with van der Waals surface area (Å²) in [7, 11) is -0.976. The number of ether oxygens (including phenoxy) is 2. The second kappa shape index (κ2) is 12.3. The number of hydrogen-bond acceptors (Lipinski definition) is 6. The molecule has 0 heterocycles. The molecule has 0 saturated carbocycles. The van der Waals surface area contributed by atoms with E-state index in [1.807, 2.05) is 37.3 Å². The zero-order valence-electron chi connectivity index (χ0n) is 21.9. The quantitative estimate of drug-likeness (QED) is 0.220. The van der Waals surface area contributed by atoms with Crippen LogP contribution in [0.2, 0.25) is 0 Å². The molecule has 0 aromatic heterocycles. The van der Waals surface area contributed by atoms with Crippen LogP contribution in [0.5, 0.6) is 11.5 Å². The number of anilines is 1. The van der Waals surface area contributed by atoms with Gasteiger partial charge in [-0.3, -0.25) is 9.10 Å². The first-order valence-corrected chi connectivity index (χ1v) is 13.6. The third kappa shape index (κ3) is 6.27. The van der Waals surface area contributed by atoms with Gasteiger partial charge in [-0.15, -0.1) is 0 Å². The normalized spacial score (nSPS) is 11.3. The minimum atomic E-state index is -4.02.